The monoisotopic (exact) mass is 552 g/mol. The van der Waals surface area contributed by atoms with E-state index in [2.05, 4.69) is 5.32 Å². The van der Waals surface area contributed by atoms with Crippen LogP contribution >= 0.6 is 34.8 Å². The quantitative estimate of drug-likeness (QED) is 0.383. The van der Waals surface area contributed by atoms with E-state index in [0.717, 1.165) is 13.8 Å². The summed E-state index contributed by atoms with van der Waals surface area (Å²) in [5, 5.41) is 5.07. The maximum atomic E-state index is 15.2. The van der Waals surface area contributed by atoms with Crippen molar-refractivity contribution in [1.82, 2.24) is 10.6 Å². The molecule has 12 heteroatoms. The molecule has 0 radical (unpaired) electrons. The molecule has 0 saturated carbocycles. The predicted molar refractivity (Wildman–Crippen MR) is 127 cm³/mol. The first-order chi connectivity index (χ1) is 16.3. The Hall–Kier alpha value is -2.49. The van der Waals surface area contributed by atoms with Crippen molar-refractivity contribution < 1.29 is 32.3 Å². The lowest BCUT2D eigenvalue weighted by molar-refractivity contribution is -0.152. The Morgan fingerprint density at radius 2 is 1.54 bits per heavy atom. The van der Waals surface area contributed by atoms with Crippen LogP contribution in [0.15, 0.2) is 42.5 Å². The van der Waals surface area contributed by atoms with Gasteiger partial charge in [-0.25, -0.2) is 13.2 Å². The summed E-state index contributed by atoms with van der Waals surface area (Å²) in [5.74, 6) is -8.52. The standard InChI is InChI=1S/C23H22Cl3F3N2O4/c1-12(2)23(29,20(33)21(27)28)31-22(34)18(7-13-3-5-14(24)6-4-13)30-19(32)11-35-17-9-15(25)8-16(26)10-17/h3-6,8-10,12,18,21H,7,11H2,1-2H3,(H,30,32)(H,31,34)/t18-,23+/m0/s1. The smallest absolute Gasteiger partial charge is 0.301 e. The third-order valence-electron chi connectivity index (χ3n) is 4.87. The highest BCUT2D eigenvalue weighted by Crippen LogP contribution is 2.25. The molecule has 0 aliphatic heterocycles. The number of halogens is 6. The molecule has 2 amide bonds. The van der Waals surface area contributed by atoms with E-state index in [9.17, 15) is 23.2 Å². The van der Waals surface area contributed by atoms with Gasteiger partial charge in [0.15, 0.2) is 6.61 Å². The normalized spacial score (nSPS) is 13.8. The second-order valence-electron chi connectivity index (χ2n) is 7.87. The van der Waals surface area contributed by atoms with E-state index in [1.807, 2.05) is 0 Å². The van der Waals surface area contributed by atoms with E-state index >= 15 is 4.39 Å². The molecule has 0 unspecified atom stereocenters. The Morgan fingerprint density at radius 1 is 0.971 bits per heavy atom. The van der Waals surface area contributed by atoms with Crippen LogP contribution < -0.4 is 15.4 Å². The lowest BCUT2D eigenvalue weighted by Gasteiger charge is -2.30. The third kappa shape index (κ3) is 8.30. The number of carbonyl (C=O) groups is 3. The van der Waals surface area contributed by atoms with E-state index in [1.54, 1.807) is 17.4 Å². The van der Waals surface area contributed by atoms with Crippen LogP contribution in [0.4, 0.5) is 13.2 Å². The highest BCUT2D eigenvalue weighted by Gasteiger charge is 2.48. The maximum absolute atomic E-state index is 15.2. The molecule has 0 bridgehead atoms. The molecule has 0 aliphatic rings. The first-order valence-corrected chi connectivity index (χ1v) is 11.4. The molecular formula is C23H22Cl3F3N2O4. The van der Waals surface area contributed by atoms with Gasteiger partial charge in [0, 0.05) is 27.4 Å². The minimum absolute atomic E-state index is 0.158. The number of benzene rings is 2. The zero-order chi connectivity index (χ0) is 26.3. The number of ether oxygens (including phenoxy) is 1. The van der Waals surface area contributed by atoms with Crippen molar-refractivity contribution in [2.24, 2.45) is 5.92 Å². The van der Waals surface area contributed by atoms with Gasteiger partial charge in [0.1, 0.15) is 11.8 Å². The number of carbonyl (C=O) groups excluding carboxylic acids is 3. The van der Waals surface area contributed by atoms with Gasteiger partial charge in [-0.05, 0) is 35.9 Å². The SMILES string of the molecule is CC(C)[C@@](F)(NC(=O)[C@H](Cc1ccc(Cl)cc1)NC(=O)COc1cc(Cl)cc(Cl)c1)C(=O)C(F)F. The average molecular weight is 554 g/mol. The number of hydrogen-bond donors (Lipinski definition) is 2. The topological polar surface area (TPSA) is 84.5 Å². The Bertz CT molecular complexity index is 1050. The molecule has 0 aromatic heterocycles. The minimum atomic E-state index is -3.65. The zero-order valence-corrected chi connectivity index (χ0v) is 20.9. The summed E-state index contributed by atoms with van der Waals surface area (Å²) in [6.07, 6.45) is -3.81. The number of nitrogens with one attached hydrogen (secondary N) is 2. The highest BCUT2D eigenvalue weighted by molar-refractivity contribution is 6.34. The summed E-state index contributed by atoms with van der Waals surface area (Å²) in [6.45, 7) is 1.76. The van der Waals surface area contributed by atoms with Crippen LogP contribution in [0.3, 0.4) is 0 Å². The van der Waals surface area contributed by atoms with Crippen LogP contribution in [0, 0.1) is 5.92 Å². The van der Waals surface area contributed by atoms with Gasteiger partial charge in [-0.1, -0.05) is 60.8 Å². The van der Waals surface area contributed by atoms with Crippen molar-refractivity contribution in [2.75, 3.05) is 6.61 Å². The Morgan fingerprint density at radius 3 is 2.06 bits per heavy atom. The summed E-state index contributed by atoms with van der Waals surface area (Å²) < 4.78 is 46.5. The fraction of sp³-hybridized carbons (Fsp3) is 0.348. The molecule has 190 valence electrons. The van der Waals surface area contributed by atoms with Crippen LogP contribution in [0.1, 0.15) is 19.4 Å². The van der Waals surface area contributed by atoms with Gasteiger partial charge in [-0.2, -0.15) is 0 Å². The second kappa shape index (κ2) is 12.5. The summed E-state index contributed by atoms with van der Waals surface area (Å²) in [5.41, 5.74) is 0.520. The Labute approximate surface area is 215 Å². The van der Waals surface area contributed by atoms with Crippen molar-refractivity contribution >= 4 is 52.4 Å². The number of Topliss-reactive ketones (excluding diaryl/α,β-unsaturated/α-hetero) is 1. The van der Waals surface area contributed by atoms with Gasteiger partial charge in [0.25, 0.3) is 11.7 Å². The van der Waals surface area contributed by atoms with Gasteiger partial charge in [0.2, 0.25) is 11.7 Å². The lowest BCUT2D eigenvalue weighted by Crippen LogP contribution is -2.61. The second-order valence-corrected chi connectivity index (χ2v) is 9.17. The molecule has 2 N–H and O–H groups in total. The van der Waals surface area contributed by atoms with E-state index in [0.29, 0.717) is 10.6 Å². The molecular weight excluding hydrogens is 532 g/mol. The fourth-order valence-electron chi connectivity index (χ4n) is 2.98. The van der Waals surface area contributed by atoms with Gasteiger partial charge < -0.3 is 15.4 Å². The van der Waals surface area contributed by atoms with E-state index < -0.39 is 48.4 Å². The minimum Gasteiger partial charge on any atom is -0.484 e. The zero-order valence-electron chi connectivity index (χ0n) is 18.6. The molecule has 0 heterocycles. The largest absolute Gasteiger partial charge is 0.484 e. The summed E-state index contributed by atoms with van der Waals surface area (Å²) in [7, 11) is 0. The van der Waals surface area contributed by atoms with Crippen LogP contribution in [0.5, 0.6) is 5.75 Å². The van der Waals surface area contributed by atoms with Crippen LogP contribution in [-0.4, -0.2) is 42.5 Å². The molecule has 6 nitrogen and oxygen atoms in total. The van der Waals surface area contributed by atoms with Crippen molar-refractivity contribution in [1.29, 1.82) is 0 Å². The van der Waals surface area contributed by atoms with Crippen LogP contribution in [-0.2, 0) is 20.8 Å². The van der Waals surface area contributed by atoms with E-state index in [4.69, 9.17) is 39.5 Å². The average Bonchev–Trinajstić information content (AvgIpc) is 2.77. The number of ketones is 1. The number of hydrogen-bond acceptors (Lipinski definition) is 4. The molecule has 2 atom stereocenters. The van der Waals surface area contributed by atoms with Crippen molar-refractivity contribution in [3.05, 3.63) is 63.1 Å². The van der Waals surface area contributed by atoms with Gasteiger partial charge in [-0.3, -0.25) is 14.4 Å². The van der Waals surface area contributed by atoms with Gasteiger partial charge in [-0.15, -0.1) is 0 Å². The molecule has 0 fully saturated rings. The Kier molecular flexibility index (Phi) is 10.2. The fourth-order valence-corrected chi connectivity index (χ4v) is 3.61. The van der Waals surface area contributed by atoms with Gasteiger partial charge in [0.05, 0.1) is 0 Å². The summed E-state index contributed by atoms with van der Waals surface area (Å²) >= 11 is 17.6. The Balaban J connectivity index is 2.21. The number of alkyl halides is 3. The third-order valence-corrected chi connectivity index (χ3v) is 5.56. The first-order valence-electron chi connectivity index (χ1n) is 10.3. The molecule has 2 aromatic carbocycles. The summed E-state index contributed by atoms with van der Waals surface area (Å²) in [6, 6.07) is 9.05. The molecule has 2 rings (SSSR count). The molecule has 0 saturated heterocycles. The van der Waals surface area contributed by atoms with Crippen LogP contribution in [0.25, 0.3) is 0 Å². The van der Waals surface area contributed by atoms with Crippen molar-refractivity contribution in [2.45, 2.75) is 38.5 Å². The molecule has 0 aliphatic carbocycles. The maximum Gasteiger partial charge on any atom is 0.301 e. The molecule has 35 heavy (non-hydrogen) atoms. The summed E-state index contributed by atoms with van der Waals surface area (Å²) in [4.78, 5) is 37.2. The number of rotatable bonds is 11. The first kappa shape index (κ1) is 28.7. The van der Waals surface area contributed by atoms with Crippen molar-refractivity contribution in [3.63, 3.8) is 0 Å². The van der Waals surface area contributed by atoms with E-state index in [1.165, 1.54) is 30.3 Å². The van der Waals surface area contributed by atoms with E-state index in [-0.39, 0.29) is 22.2 Å². The predicted octanol–water partition coefficient (Wildman–Crippen LogP) is 5.03. The molecule has 0 spiro atoms. The lowest BCUT2D eigenvalue weighted by atomic mass is 9.95. The van der Waals surface area contributed by atoms with Crippen LogP contribution in [0.2, 0.25) is 15.1 Å². The number of amides is 2. The van der Waals surface area contributed by atoms with Gasteiger partial charge >= 0.3 is 6.43 Å². The van der Waals surface area contributed by atoms with Crippen molar-refractivity contribution in [3.8, 4) is 5.75 Å². The molecule has 2 aromatic rings. The highest BCUT2D eigenvalue weighted by atomic mass is 35.5.